The summed E-state index contributed by atoms with van der Waals surface area (Å²) in [7, 11) is 0. The van der Waals surface area contributed by atoms with Crippen LogP contribution in [-0.4, -0.2) is 26.7 Å². The Morgan fingerprint density at radius 2 is 1.74 bits per heavy atom. The lowest BCUT2D eigenvalue weighted by molar-refractivity contribution is 0.397. The Kier molecular flexibility index (Phi) is 6.43. The SMILES string of the molecule is CC1=C(c2nc(-c3ccccc3)no2)C(c2cccc(Cl)c2)NC(=S)N1CCc1ccccc1. The molecular weight excluding hydrogens is 464 g/mol. The van der Waals surface area contributed by atoms with Gasteiger partial charge in [-0.15, -0.1) is 0 Å². The maximum Gasteiger partial charge on any atom is 0.258 e. The first kappa shape index (κ1) is 22.3. The molecule has 0 fully saturated rings. The molecule has 0 aliphatic carbocycles. The number of hydrogen-bond acceptors (Lipinski definition) is 4. The van der Waals surface area contributed by atoms with E-state index < -0.39 is 0 Å². The van der Waals surface area contributed by atoms with E-state index in [1.807, 2.05) is 60.7 Å². The number of allylic oxidation sites excluding steroid dienone is 1. The van der Waals surface area contributed by atoms with E-state index in [9.17, 15) is 0 Å². The van der Waals surface area contributed by atoms with Crippen molar-refractivity contribution in [2.75, 3.05) is 6.54 Å². The molecule has 0 bridgehead atoms. The zero-order valence-corrected chi connectivity index (χ0v) is 20.2. The highest BCUT2D eigenvalue weighted by Gasteiger charge is 2.34. The van der Waals surface area contributed by atoms with Crippen molar-refractivity contribution >= 4 is 34.5 Å². The molecule has 1 unspecified atom stereocenters. The predicted octanol–water partition coefficient (Wildman–Crippen LogP) is 6.30. The van der Waals surface area contributed by atoms with E-state index >= 15 is 0 Å². The summed E-state index contributed by atoms with van der Waals surface area (Å²) in [5.41, 5.74) is 4.99. The van der Waals surface area contributed by atoms with Gasteiger partial charge in [0.2, 0.25) is 5.82 Å². The first-order valence-corrected chi connectivity index (χ1v) is 11.9. The van der Waals surface area contributed by atoms with Gasteiger partial charge in [0.15, 0.2) is 5.11 Å². The maximum absolute atomic E-state index is 6.32. The molecular formula is C27H23ClN4OS. The van der Waals surface area contributed by atoms with Crippen molar-refractivity contribution in [3.05, 3.63) is 113 Å². The van der Waals surface area contributed by atoms with Crippen LogP contribution >= 0.6 is 23.8 Å². The highest BCUT2D eigenvalue weighted by molar-refractivity contribution is 7.80. The van der Waals surface area contributed by atoms with Gasteiger partial charge in [-0.2, -0.15) is 4.98 Å². The van der Waals surface area contributed by atoms with Crippen molar-refractivity contribution in [2.45, 2.75) is 19.4 Å². The van der Waals surface area contributed by atoms with Gasteiger partial charge in [0.25, 0.3) is 5.89 Å². The van der Waals surface area contributed by atoms with E-state index in [4.69, 9.17) is 33.3 Å². The molecule has 0 saturated heterocycles. The third-order valence-electron chi connectivity index (χ3n) is 5.93. The number of nitrogens with zero attached hydrogens (tertiary/aromatic N) is 3. The summed E-state index contributed by atoms with van der Waals surface area (Å²) in [6.07, 6.45) is 0.855. The van der Waals surface area contributed by atoms with Crippen molar-refractivity contribution < 1.29 is 4.52 Å². The number of thiocarbonyl (C=S) groups is 1. The molecule has 0 saturated carbocycles. The molecule has 1 aliphatic rings. The monoisotopic (exact) mass is 486 g/mol. The second-order valence-electron chi connectivity index (χ2n) is 8.11. The molecule has 2 heterocycles. The second-order valence-corrected chi connectivity index (χ2v) is 8.94. The molecule has 7 heteroatoms. The Balaban J connectivity index is 1.55. The van der Waals surface area contributed by atoms with E-state index in [1.165, 1.54) is 5.56 Å². The minimum absolute atomic E-state index is 0.261. The first-order valence-electron chi connectivity index (χ1n) is 11.1. The van der Waals surface area contributed by atoms with Crippen LogP contribution in [0.3, 0.4) is 0 Å². The number of halogens is 1. The standard InChI is InChI=1S/C27H23ClN4OS/c1-18-23(26-30-25(31-33-26)20-11-6-3-7-12-20)24(21-13-8-14-22(28)17-21)29-27(34)32(18)16-15-19-9-4-2-5-10-19/h2-14,17,24H,15-16H2,1H3,(H,29,34). The van der Waals surface area contributed by atoms with Gasteiger partial charge in [-0.3, -0.25) is 0 Å². The van der Waals surface area contributed by atoms with Gasteiger partial charge < -0.3 is 14.7 Å². The Hall–Kier alpha value is -3.48. The zero-order valence-electron chi connectivity index (χ0n) is 18.6. The molecule has 0 radical (unpaired) electrons. The summed E-state index contributed by atoms with van der Waals surface area (Å²) in [4.78, 5) is 6.85. The molecule has 3 aromatic carbocycles. The van der Waals surface area contributed by atoms with Crippen LogP contribution in [-0.2, 0) is 6.42 Å². The normalized spacial score (nSPS) is 16.0. The first-order chi connectivity index (χ1) is 16.6. The van der Waals surface area contributed by atoms with Crippen LogP contribution in [0.1, 0.15) is 30.0 Å². The second kappa shape index (κ2) is 9.79. The summed E-state index contributed by atoms with van der Waals surface area (Å²) in [6, 6.07) is 27.7. The van der Waals surface area contributed by atoms with Gasteiger partial charge in [0.05, 0.1) is 11.6 Å². The molecule has 1 atom stereocenters. The number of nitrogens with one attached hydrogen (secondary N) is 1. The van der Waals surface area contributed by atoms with Crippen LogP contribution in [0.25, 0.3) is 17.0 Å². The molecule has 0 spiro atoms. The third kappa shape index (κ3) is 4.60. The van der Waals surface area contributed by atoms with Crippen LogP contribution < -0.4 is 5.32 Å². The van der Waals surface area contributed by atoms with Crippen LogP contribution in [0, 0.1) is 0 Å². The van der Waals surface area contributed by atoms with Gasteiger partial charge in [0.1, 0.15) is 0 Å². The maximum atomic E-state index is 6.32. The van der Waals surface area contributed by atoms with E-state index in [0.717, 1.165) is 35.4 Å². The Morgan fingerprint density at radius 3 is 2.47 bits per heavy atom. The quantitative estimate of drug-likeness (QED) is 0.323. The fourth-order valence-corrected chi connectivity index (χ4v) is 4.73. The van der Waals surface area contributed by atoms with Gasteiger partial charge in [0, 0.05) is 22.8 Å². The number of aromatic nitrogens is 2. The topological polar surface area (TPSA) is 54.2 Å². The van der Waals surface area contributed by atoms with Gasteiger partial charge >= 0.3 is 0 Å². The van der Waals surface area contributed by atoms with E-state index in [1.54, 1.807) is 0 Å². The fraction of sp³-hybridized carbons (Fsp3) is 0.148. The molecule has 1 aromatic heterocycles. The summed E-state index contributed by atoms with van der Waals surface area (Å²) >= 11 is 12.1. The van der Waals surface area contributed by atoms with Crippen LogP contribution in [0.5, 0.6) is 0 Å². The van der Waals surface area contributed by atoms with Gasteiger partial charge in [-0.1, -0.05) is 89.6 Å². The van der Waals surface area contributed by atoms with Crippen molar-refractivity contribution in [2.24, 2.45) is 0 Å². The Bertz CT molecular complexity index is 1340. The molecule has 5 rings (SSSR count). The van der Waals surface area contributed by atoms with E-state index in [2.05, 4.69) is 46.6 Å². The Morgan fingerprint density at radius 1 is 1.00 bits per heavy atom. The van der Waals surface area contributed by atoms with Crippen molar-refractivity contribution in [3.63, 3.8) is 0 Å². The smallest absolute Gasteiger partial charge is 0.258 e. The average Bonchev–Trinajstić information content (AvgIpc) is 3.34. The molecule has 1 aliphatic heterocycles. The number of benzene rings is 3. The number of hydrogen-bond donors (Lipinski definition) is 1. The highest BCUT2D eigenvalue weighted by Crippen LogP contribution is 2.38. The molecule has 0 amide bonds. The summed E-state index contributed by atoms with van der Waals surface area (Å²) in [6.45, 7) is 2.78. The minimum Gasteiger partial charge on any atom is -0.351 e. The van der Waals surface area contributed by atoms with Crippen LogP contribution in [0.2, 0.25) is 5.02 Å². The lowest BCUT2D eigenvalue weighted by atomic mass is 9.94. The van der Waals surface area contributed by atoms with Crippen LogP contribution in [0.4, 0.5) is 0 Å². The average molecular weight is 487 g/mol. The van der Waals surface area contributed by atoms with Gasteiger partial charge in [-0.05, 0) is 48.8 Å². The summed E-state index contributed by atoms with van der Waals surface area (Å²) < 4.78 is 5.80. The van der Waals surface area contributed by atoms with Gasteiger partial charge in [-0.25, -0.2) is 0 Å². The van der Waals surface area contributed by atoms with Crippen LogP contribution in [0.15, 0.2) is 95.1 Å². The molecule has 4 aromatic rings. The molecule has 5 nitrogen and oxygen atoms in total. The molecule has 170 valence electrons. The highest BCUT2D eigenvalue weighted by atomic mass is 35.5. The fourth-order valence-electron chi connectivity index (χ4n) is 4.19. The predicted molar refractivity (Wildman–Crippen MR) is 139 cm³/mol. The van der Waals surface area contributed by atoms with Crippen molar-refractivity contribution in [3.8, 4) is 11.4 Å². The van der Waals surface area contributed by atoms with E-state index in [0.29, 0.717) is 21.9 Å². The Labute approximate surface area is 209 Å². The third-order valence-corrected chi connectivity index (χ3v) is 6.51. The lowest BCUT2D eigenvalue weighted by Gasteiger charge is -2.37. The summed E-state index contributed by atoms with van der Waals surface area (Å²) in [5.74, 6) is 1.01. The zero-order chi connectivity index (χ0) is 23.5. The summed E-state index contributed by atoms with van der Waals surface area (Å²) in [5, 5.41) is 9.06. The molecule has 1 N–H and O–H groups in total. The van der Waals surface area contributed by atoms with Crippen molar-refractivity contribution in [1.82, 2.24) is 20.4 Å². The minimum atomic E-state index is -0.261. The lowest BCUT2D eigenvalue weighted by Crippen LogP contribution is -2.46. The number of rotatable bonds is 6. The largest absolute Gasteiger partial charge is 0.351 e. The van der Waals surface area contributed by atoms with E-state index in [-0.39, 0.29) is 6.04 Å². The molecule has 34 heavy (non-hydrogen) atoms. The van der Waals surface area contributed by atoms with Crippen molar-refractivity contribution in [1.29, 1.82) is 0 Å².